The standard InChI is InChI=1S/C15H18N4O4/c1-10-6-11(14(21)22)8-17(7-10)13(20)9-19-15(23)18-5-3-2-4-12(18)16-19/h2-5,10-11H,6-9H2,1H3,(H,21,22). The van der Waals surface area contributed by atoms with Gasteiger partial charge in [-0.1, -0.05) is 13.0 Å². The average Bonchev–Trinajstić information content (AvgIpc) is 2.83. The topological polar surface area (TPSA) is 96.9 Å². The van der Waals surface area contributed by atoms with Gasteiger partial charge >= 0.3 is 11.7 Å². The summed E-state index contributed by atoms with van der Waals surface area (Å²) in [5.41, 5.74) is 0.0921. The summed E-state index contributed by atoms with van der Waals surface area (Å²) >= 11 is 0. The number of pyridine rings is 1. The van der Waals surface area contributed by atoms with Crippen LogP contribution in [-0.4, -0.2) is 49.2 Å². The summed E-state index contributed by atoms with van der Waals surface area (Å²) in [6.07, 6.45) is 2.16. The predicted molar refractivity (Wildman–Crippen MR) is 80.9 cm³/mol. The van der Waals surface area contributed by atoms with E-state index in [1.807, 2.05) is 6.92 Å². The van der Waals surface area contributed by atoms with Gasteiger partial charge in [0.15, 0.2) is 5.65 Å². The van der Waals surface area contributed by atoms with E-state index < -0.39 is 11.9 Å². The second-order valence-electron chi connectivity index (χ2n) is 6.04. The van der Waals surface area contributed by atoms with Crippen molar-refractivity contribution in [1.82, 2.24) is 19.1 Å². The first-order chi connectivity index (χ1) is 11.0. The van der Waals surface area contributed by atoms with Crippen LogP contribution in [0.5, 0.6) is 0 Å². The predicted octanol–water partition coefficient (Wildman–Crippen LogP) is 0.0652. The normalized spacial score (nSPS) is 21.5. The molecule has 1 saturated heterocycles. The molecule has 2 unspecified atom stereocenters. The first-order valence-electron chi connectivity index (χ1n) is 7.50. The Bertz CT molecular complexity index is 809. The number of fused-ring (bicyclic) bond motifs is 1. The highest BCUT2D eigenvalue weighted by Gasteiger charge is 2.32. The second kappa shape index (κ2) is 5.86. The maximum atomic E-state index is 12.4. The van der Waals surface area contributed by atoms with Crippen molar-refractivity contribution in [2.24, 2.45) is 11.8 Å². The van der Waals surface area contributed by atoms with Crippen LogP contribution < -0.4 is 5.69 Å². The average molecular weight is 318 g/mol. The molecule has 23 heavy (non-hydrogen) atoms. The molecule has 1 amide bonds. The van der Waals surface area contributed by atoms with Gasteiger partial charge in [-0.15, -0.1) is 5.10 Å². The van der Waals surface area contributed by atoms with Gasteiger partial charge in [-0.25, -0.2) is 9.48 Å². The zero-order valence-electron chi connectivity index (χ0n) is 12.8. The van der Waals surface area contributed by atoms with Crippen LogP contribution in [0.3, 0.4) is 0 Å². The lowest BCUT2D eigenvalue weighted by atomic mass is 9.90. The molecule has 2 atom stereocenters. The van der Waals surface area contributed by atoms with Gasteiger partial charge in [0.2, 0.25) is 5.91 Å². The minimum Gasteiger partial charge on any atom is -0.481 e. The number of carboxylic acid groups (broad SMARTS) is 1. The maximum Gasteiger partial charge on any atom is 0.350 e. The molecule has 0 spiro atoms. The lowest BCUT2D eigenvalue weighted by Gasteiger charge is -2.34. The molecule has 0 bridgehead atoms. The molecule has 3 rings (SSSR count). The van der Waals surface area contributed by atoms with Crippen LogP contribution in [0.4, 0.5) is 0 Å². The number of carbonyl (C=O) groups excluding carboxylic acids is 1. The number of likely N-dealkylation sites (tertiary alicyclic amines) is 1. The van der Waals surface area contributed by atoms with Crippen LogP contribution in [0.25, 0.3) is 5.65 Å². The molecule has 0 saturated carbocycles. The molecule has 1 aliphatic heterocycles. The molecule has 0 aliphatic carbocycles. The van der Waals surface area contributed by atoms with Crippen molar-refractivity contribution in [1.29, 1.82) is 0 Å². The van der Waals surface area contributed by atoms with Crippen molar-refractivity contribution < 1.29 is 14.7 Å². The Morgan fingerprint density at radius 1 is 1.35 bits per heavy atom. The van der Waals surface area contributed by atoms with E-state index in [1.54, 1.807) is 24.4 Å². The molecule has 0 radical (unpaired) electrons. The Morgan fingerprint density at radius 2 is 2.13 bits per heavy atom. The number of nitrogens with zero attached hydrogens (tertiary/aromatic N) is 4. The fourth-order valence-corrected chi connectivity index (χ4v) is 3.03. The molecule has 8 nitrogen and oxygen atoms in total. The third-order valence-corrected chi connectivity index (χ3v) is 4.14. The maximum absolute atomic E-state index is 12.4. The highest BCUT2D eigenvalue weighted by molar-refractivity contribution is 5.78. The van der Waals surface area contributed by atoms with Crippen molar-refractivity contribution in [2.75, 3.05) is 13.1 Å². The molecule has 2 aromatic rings. The molecule has 8 heteroatoms. The fourth-order valence-electron chi connectivity index (χ4n) is 3.03. The number of amides is 1. The van der Waals surface area contributed by atoms with Crippen LogP contribution in [0.15, 0.2) is 29.2 Å². The van der Waals surface area contributed by atoms with Crippen LogP contribution >= 0.6 is 0 Å². The van der Waals surface area contributed by atoms with Crippen molar-refractivity contribution in [3.05, 3.63) is 34.9 Å². The first-order valence-corrected chi connectivity index (χ1v) is 7.50. The number of hydrogen-bond donors (Lipinski definition) is 1. The second-order valence-corrected chi connectivity index (χ2v) is 6.04. The Labute approximate surface area is 131 Å². The van der Waals surface area contributed by atoms with E-state index in [0.717, 1.165) is 4.68 Å². The minimum absolute atomic E-state index is 0.117. The summed E-state index contributed by atoms with van der Waals surface area (Å²) in [5, 5.41) is 13.3. The van der Waals surface area contributed by atoms with Gasteiger partial charge in [0.1, 0.15) is 6.54 Å². The van der Waals surface area contributed by atoms with Gasteiger partial charge in [0.25, 0.3) is 0 Å². The van der Waals surface area contributed by atoms with E-state index in [2.05, 4.69) is 5.10 Å². The first kappa shape index (κ1) is 15.3. The van der Waals surface area contributed by atoms with Gasteiger partial charge in [-0.2, -0.15) is 0 Å². The third kappa shape index (κ3) is 2.96. The number of piperidine rings is 1. The number of carboxylic acids is 1. The van der Waals surface area contributed by atoms with E-state index in [1.165, 1.54) is 9.30 Å². The number of carbonyl (C=O) groups is 2. The van der Waals surface area contributed by atoms with E-state index in [0.29, 0.717) is 18.6 Å². The summed E-state index contributed by atoms with van der Waals surface area (Å²) in [4.78, 5) is 37.3. The molecular weight excluding hydrogens is 300 g/mol. The summed E-state index contributed by atoms with van der Waals surface area (Å²) in [7, 11) is 0. The van der Waals surface area contributed by atoms with E-state index in [9.17, 15) is 19.5 Å². The summed E-state index contributed by atoms with van der Waals surface area (Å²) in [5.74, 6) is -1.61. The molecule has 0 aromatic carbocycles. The lowest BCUT2D eigenvalue weighted by molar-refractivity contribution is -0.147. The van der Waals surface area contributed by atoms with Crippen molar-refractivity contribution in [3.63, 3.8) is 0 Å². The quantitative estimate of drug-likeness (QED) is 0.863. The monoisotopic (exact) mass is 318 g/mol. The summed E-state index contributed by atoms with van der Waals surface area (Å²) in [6.45, 7) is 2.43. The smallest absolute Gasteiger partial charge is 0.350 e. The minimum atomic E-state index is -0.890. The number of hydrogen-bond acceptors (Lipinski definition) is 4. The van der Waals surface area contributed by atoms with Crippen LogP contribution in [0, 0.1) is 11.8 Å². The van der Waals surface area contributed by atoms with Crippen LogP contribution in [0.2, 0.25) is 0 Å². The Kier molecular flexibility index (Phi) is 3.89. The van der Waals surface area contributed by atoms with Crippen molar-refractivity contribution in [3.8, 4) is 0 Å². The fraction of sp³-hybridized carbons (Fsp3) is 0.467. The summed E-state index contributed by atoms with van der Waals surface area (Å²) < 4.78 is 2.48. The molecule has 2 aromatic heterocycles. The summed E-state index contributed by atoms with van der Waals surface area (Å²) in [6, 6.07) is 5.16. The van der Waals surface area contributed by atoms with Crippen molar-refractivity contribution >= 4 is 17.5 Å². The molecule has 3 heterocycles. The molecular formula is C15H18N4O4. The van der Waals surface area contributed by atoms with Crippen molar-refractivity contribution in [2.45, 2.75) is 19.9 Å². The van der Waals surface area contributed by atoms with E-state index >= 15 is 0 Å². The van der Waals surface area contributed by atoms with Crippen LogP contribution in [0.1, 0.15) is 13.3 Å². The van der Waals surface area contributed by atoms with E-state index in [4.69, 9.17) is 0 Å². The van der Waals surface area contributed by atoms with E-state index in [-0.39, 0.29) is 30.6 Å². The number of rotatable bonds is 3. The number of aliphatic carboxylic acids is 1. The third-order valence-electron chi connectivity index (χ3n) is 4.14. The Balaban J connectivity index is 1.79. The highest BCUT2D eigenvalue weighted by atomic mass is 16.4. The molecule has 1 N–H and O–H groups in total. The zero-order chi connectivity index (χ0) is 16.6. The van der Waals surface area contributed by atoms with Gasteiger partial charge < -0.3 is 10.0 Å². The molecule has 122 valence electrons. The van der Waals surface area contributed by atoms with Gasteiger partial charge in [-0.3, -0.25) is 14.0 Å². The Hall–Kier alpha value is -2.64. The SMILES string of the molecule is CC1CC(C(=O)O)CN(C(=O)Cn2nc3ccccn3c2=O)C1. The van der Waals surface area contributed by atoms with Gasteiger partial charge in [0, 0.05) is 19.3 Å². The number of aromatic nitrogens is 3. The largest absolute Gasteiger partial charge is 0.481 e. The molecule has 1 fully saturated rings. The van der Waals surface area contributed by atoms with Gasteiger partial charge in [-0.05, 0) is 24.5 Å². The van der Waals surface area contributed by atoms with Gasteiger partial charge in [0.05, 0.1) is 5.92 Å². The Morgan fingerprint density at radius 3 is 2.83 bits per heavy atom. The van der Waals surface area contributed by atoms with Crippen LogP contribution in [-0.2, 0) is 16.1 Å². The highest BCUT2D eigenvalue weighted by Crippen LogP contribution is 2.22. The molecule has 1 aliphatic rings. The lowest BCUT2D eigenvalue weighted by Crippen LogP contribution is -2.47. The zero-order valence-corrected chi connectivity index (χ0v) is 12.8.